The van der Waals surface area contributed by atoms with Crippen LogP contribution in [0.25, 0.3) is 10.9 Å². The fraction of sp³-hybridized carbons (Fsp3) is 0.478. The summed E-state index contributed by atoms with van der Waals surface area (Å²) in [5, 5.41) is 0.929. The van der Waals surface area contributed by atoms with Gasteiger partial charge in [0, 0.05) is 54.9 Å². The van der Waals surface area contributed by atoms with Crippen LogP contribution < -0.4 is 10.5 Å². The molecule has 3 aromatic rings. The molecular formula is C23H28FN5O. The maximum atomic E-state index is 13.6. The molecule has 0 spiro atoms. The predicted octanol–water partition coefficient (Wildman–Crippen LogP) is 3.49. The van der Waals surface area contributed by atoms with E-state index in [1.807, 2.05) is 6.92 Å². The average molecular weight is 410 g/mol. The molecule has 1 atom stereocenters. The van der Waals surface area contributed by atoms with Crippen LogP contribution in [0.2, 0.25) is 0 Å². The molecule has 0 aliphatic carbocycles. The maximum Gasteiger partial charge on any atom is 0.255 e. The molecule has 158 valence electrons. The first-order valence-corrected chi connectivity index (χ1v) is 10.8. The average Bonchev–Trinajstić information content (AvgIpc) is 3.03. The normalized spacial score (nSPS) is 20.0. The third-order valence-corrected chi connectivity index (χ3v) is 6.60. The Balaban J connectivity index is 1.39. The molecule has 0 saturated carbocycles. The number of nitrogens with one attached hydrogen (secondary N) is 2. The highest BCUT2D eigenvalue weighted by atomic mass is 19.1. The molecule has 1 saturated heterocycles. The van der Waals surface area contributed by atoms with Gasteiger partial charge >= 0.3 is 0 Å². The van der Waals surface area contributed by atoms with E-state index < -0.39 is 0 Å². The minimum Gasteiger partial charge on any atom is -0.357 e. The molecular weight excluding hydrogens is 381 g/mol. The summed E-state index contributed by atoms with van der Waals surface area (Å²) in [5.41, 5.74) is 4.84. The van der Waals surface area contributed by atoms with Gasteiger partial charge < -0.3 is 9.88 Å². The highest BCUT2D eigenvalue weighted by Crippen LogP contribution is 2.26. The first-order chi connectivity index (χ1) is 14.5. The molecule has 0 bridgehead atoms. The third kappa shape index (κ3) is 3.51. The second-order valence-corrected chi connectivity index (χ2v) is 8.89. The van der Waals surface area contributed by atoms with Crippen molar-refractivity contribution < 1.29 is 4.39 Å². The number of hydrogen-bond donors (Lipinski definition) is 2. The largest absolute Gasteiger partial charge is 0.357 e. The Hall–Kier alpha value is -2.67. The second-order valence-electron chi connectivity index (χ2n) is 8.89. The van der Waals surface area contributed by atoms with Gasteiger partial charge in [0.15, 0.2) is 0 Å². The topological polar surface area (TPSA) is 68.0 Å². The Bertz CT molecular complexity index is 1150. The Morgan fingerprint density at radius 3 is 2.97 bits per heavy atom. The molecule has 6 nitrogen and oxygen atoms in total. The zero-order valence-electron chi connectivity index (χ0n) is 17.6. The Kier molecular flexibility index (Phi) is 4.85. The van der Waals surface area contributed by atoms with Crippen LogP contribution in [0.3, 0.4) is 0 Å². The lowest BCUT2D eigenvalue weighted by Gasteiger charge is -2.33. The minimum absolute atomic E-state index is 0.00476. The van der Waals surface area contributed by atoms with Crippen LogP contribution in [0.15, 0.2) is 23.0 Å². The highest BCUT2D eigenvalue weighted by molar-refractivity contribution is 5.84. The van der Waals surface area contributed by atoms with Gasteiger partial charge in [-0.1, -0.05) is 6.92 Å². The molecule has 0 radical (unpaired) electrons. The van der Waals surface area contributed by atoms with Gasteiger partial charge in [0.1, 0.15) is 5.82 Å². The first kappa shape index (κ1) is 19.3. The second kappa shape index (κ2) is 7.54. The van der Waals surface area contributed by atoms with E-state index >= 15 is 0 Å². The van der Waals surface area contributed by atoms with Crippen LogP contribution in [0.1, 0.15) is 42.3 Å². The number of nitrogens with zero attached hydrogens (tertiary/aromatic N) is 3. The van der Waals surface area contributed by atoms with E-state index in [0.29, 0.717) is 24.8 Å². The van der Waals surface area contributed by atoms with Gasteiger partial charge in [0.2, 0.25) is 5.95 Å². The molecule has 2 aliphatic rings. The van der Waals surface area contributed by atoms with E-state index in [1.54, 1.807) is 12.1 Å². The van der Waals surface area contributed by atoms with E-state index in [4.69, 9.17) is 4.98 Å². The molecule has 1 fully saturated rings. The number of rotatable bonds is 3. The molecule has 2 N–H and O–H groups in total. The number of anilines is 1. The van der Waals surface area contributed by atoms with Crippen molar-refractivity contribution in [3.05, 3.63) is 56.9 Å². The van der Waals surface area contributed by atoms with Gasteiger partial charge in [0.25, 0.3) is 5.56 Å². The fourth-order valence-corrected chi connectivity index (χ4v) is 4.88. The van der Waals surface area contributed by atoms with Crippen molar-refractivity contribution >= 4 is 16.9 Å². The Labute approximate surface area is 175 Å². The van der Waals surface area contributed by atoms with Crippen LogP contribution in [0.5, 0.6) is 0 Å². The summed E-state index contributed by atoms with van der Waals surface area (Å²) < 4.78 is 13.6. The van der Waals surface area contributed by atoms with Crippen LogP contribution in [0.4, 0.5) is 10.3 Å². The summed E-state index contributed by atoms with van der Waals surface area (Å²) in [6, 6.07) is 4.86. The quantitative estimate of drug-likeness (QED) is 0.695. The molecule has 0 amide bonds. The van der Waals surface area contributed by atoms with Crippen LogP contribution in [-0.4, -0.2) is 39.5 Å². The van der Waals surface area contributed by atoms with E-state index in [-0.39, 0.29) is 11.4 Å². The molecule has 7 heteroatoms. The monoisotopic (exact) mass is 409 g/mol. The molecule has 5 rings (SSSR count). The molecule has 2 aromatic heterocycles. The summed E-state index contributed by atoms with van der Waals surface area (Å²) in [5.74, 6) is 1.11. The number of aromatic nitrogens is 3. The number of hydrogen-bond acceptors (Lipinski definition) is 4. The maximum absolute atomic E-state index is 13.6. The van der Waals surface area contributed by atoms with Crippen molar-refractivity contribution in [3.8, 4) is 0 Å². The fourth-order valence-electron chi connectivity index (χ4n) is 4.88. The lowest BCUT2D eigenvalue weighted by molar-refractivity contribution is 0.237. The molecule has 1 aromatic carbocycles. The number of piperidine rings is 1. The zero-order valence-corrected chi connectivity index (χ0v) is 17.6. The smallest absolute Gasteiger partial charge is 0.255 e. The number of H-pyrrole nitrogens is 2. The molecule has 4 heterocycles. The lowest BCUT2D eigenvalue weighted by atomic mass is 10.0. The molecule has 30 heavy (non-hydrogen) atoms. The van der Waals surface area contributed by atoms with Gasteiger partial charge in [-0.3, -0.25) is 14.7 Å². The van der Waals surface area contributed by atoms with Crippen molar-refractivity contribution in [3.63, 3.8) is 0 Å². The van der Waals surface area contributed by atoms with E-state index in [1.165, 1.54) is 12.5 Å². The third-order valence-electron chi connectivity index (χ3n) is 6.60. The van der Waals surface area contributed by atoms with Crippen molar-refractivity contribution in [1.29, 1.82) is 0 Å². The van der Waals surface area contributed by atoms with E-state index in [2.05, 4.69) is 26.7 Å². The number of fused-ring (bicyclic) bond motifs is 2. The predicted molar refractivity (Wildman–Crippen MR) is 116 cm³/mol. The number of aromatic amines is 2. The van der Waals surface area contributed by atoms with Crippen molar-refractivity contribution in [2.24, 2.45) is 5.92 Å². The summed E-state index contributed by atoms with van der Waals surface area (Å²) in [6.07, 6.45) is 3.06. The summed E-state index contributed by atoms with van der Waals surface area (Å²) in [6.45, 7) is 8.35. The van der Waals surface area contributed by atoms with Gasteiger partial charge in [-0.25, -0.2) is 9.37 Å². The van der Waals surface area contributed by atoms with Gasteiger partial charge in [-0.2, -0.15) is 0 Å². The van der Waals surface area contributed by atoms with Crippen LogP contribution in [0, 0.1) is 18.7 Å². The first-order valence-electron chi connectivity index (χ1n) is 10.8. The summed E-state index contributed by atoms with van der Waals surface area (Å²) in [4.78, 5) is 28.5. The van der Waals surface area contributed by atoms with Crippen molar-refractivity contribution in [1.82, 2.24) is 19.9 Å². The standard InChI is InChI=1S/C23H28FN5O/c1-14-4-3-8-29(11-14)23-26-21-13-28(9-7-17(21)22(30)27-23)12-20-15(2)18-10-16(24)5-6-19(18)25-20/h5-6,10,14,25H,3-4,7-9,11-13H2,1-2H3,(H,26,27,30). The van der Waals surface area contributed by atoms with Crippen LogP contribution in [-0.2, 0) is 19.5 Å². The van der Waals surface area contributed by atoms with E-state index in [0.717, 1.165) is 66.0 Å². The number of benzene rings is 1. The Morgan fingerprint density at radius 2 is 2.13 bits per heavy atom. The number of aryl methyl sites for hydroxylation is 1. The van der Waals surface area contributed by atoms with Gasteiger partial charge in [0.05, 0.1) is 5.69 Å². The SMILES string of the molecule is Cc1c(CN2CCc3c(nc(N4CCCC(C)C4)[nH]c3=O)C2)[nH]c2ccc(F)cc12. The zero-order chi connectivity index (χ0) is 20.8. The minimum atomic E-state index is -0.217. The van der Waals surface area contributed by atoms with Gasteiger partial charge in [-0.15, -0.1) is 0 Å². The summed E-state index contributed by atoms with van der Waals surface area (Å²) in [7, 11) is 0. The van der Waals surface area contributed by atoms with Crippen molar-refractivity contribution in [2.75, 3.05) is 24.5 Å². The van der Waals surface area contributed by atoms with Crippen molar-refractivity contribution in [2.45, 2.75) is 46.2 Å². The summed E-state index contributed by atoms with van der Waals surface area (Å²) >= 11 is 0. The Morgan fingerprint density at radius 1 is 1.27 bits per heavy atom. The highest BCUT2D eigenvalue weighted by Gasteiger charge is 2.25. The van der Waals surface area contributed by atoms with E-state index in [9.17, 15) is 9.18 Å². The number of halogens is 1. The molecule has 1 unspecified atom stereocenters. The lowest BCUT2D eigenvalue weighted by Crippen LogP contribution is -2.39. The van der Waals surface area contributed by atoms with Crippen LogP contribution >= 0.6 is 0 Å². The van der Waals surface area contributed by atoms with Gasteiger partial charge in [-0.05, 0) is 55.9 Å². The molecule has 2 aliphatic heterocycles.